The van der Waals surface area contributed by atoms with Crippen LogP contribution >= 0.6 is 0 Å². The van der Waals surface area contributed by atoms with Gasteiger partial charge in [0.2, 0.25) is 5.91 Å². The first-order valence-electron chi connectivity index (χ1n) is 8.51. The molecular formula is C19H14F6N2O2. The molecule has 0 bridgehead atoms. The lowest BCUT2D eigenvalue weighted by molar-refractivity contribution is -0.137. The molecule has 29 heavy (non-hydrogen) atoms. The Bertz CT molecular complexity index is 960. The SMILES string of the molecule is O=C(NC1CCCN(c2ccc(F)cc2F)C1=O)c1cc(F)cc(C(F)(F)F)c1. The van der Waals surface area contributed by atoms with E-state index in [0.717, 1.165) is 17.0 Å². The lowest BCUT2D eigenvalue weighted by atomic mass is 10.0. The van der Waals surface area contributed by atoms with Crippen molar-refractivity contribution in [2.75, 3.05) is 11.4 Å². The van der Waals surface area contributed by atoms with Gasteiger partial charge in [0, 0.05) is 18.2 Å². The van der Waals surface area contributed by atoms with Crippen LogP contribution in [-0.2, 0) is 11.0 Å². The summed E-state index contributed by atoms with van der Waals surface area (Å²) in [6.45, 7) is 0.117. The topological polar surface area (TPSA) is 49.4 Å². The average molecular weight is 416 g/mol. The summed E-state index contributed by atoms with van der Waals surface area (Å²) in [6, 6.07) is 2.85. The number of anilines is 1. The van der Waals surface area contributed by atoms with E-state index in [1.807, 2.05) is 0 Å². The fourth-order valence-corrected chi connectivity index (χ4v) is 3.07. The standard InChI is InChI=1S/C19H14F6N2O2/c20-12-3-4-16(14(22)9-12)27-5-1-2-15(18(27)29)26-17(28)10-6-11(19(23,24)25)8-13(21)7-10/h3-4,6-9,15H,1-2,5H2,(H,26,28). The molecule has 2 aromatic carbocycles. The number of piperidine rings is 1. The molecule has 0 spiro atoms. The third-order valence-corrected chi connectivity index (χ3v) is 4.43. The van der Waals surface area contributed by atoms with Crippen LogP contribution in [0.4, 0.5) is 32.0 Å². The molecule has 1 aliphatic rings. The molecule has 1 aliphatic heterocycles. The van der Waals surface area contributed by atoms with Crippen LogP contribution in [0.1, 0.15) is 28.8 Å². The van der Waals surface area contributed by atoms with Crippen molar-refractivity contribution >= 4 is 17.5 Å². The lowest BCUT2D eigenvalue weighted by Gasteiger charge is -2.32. The molecule has 0 aliphatic carbocycles. The molecule has 2 aromatic rings. The second-order valence-electron chi connectivity index (χ2n) is 6.48. The minimum absolute atomic E-state index is 0.117. The van der Waals surface area contributed by atoms with Gasteiger partial charge in [-0.05, 0) is 43.2 Å². The molecule has 3 rings (SSSR count). The number of halogens is 6. The van der Waals surface area contributed by atoms with Crippen LogP contribution in [0.3, 0.4) is 0 Å². The van der Waals surface area contributed by atoms with Crippen LogP contribution in [0.5, 0.6) is 0 Å². The van der Waals surface area contributed by atoms with Crippen LogP contribution in [-0.4, -0.2) is 24.4 Å². The molecule has 1 fully saturated rings. The summed E-state index contributed by atoms with van der Waals surface area (Å²) in [7, 11) is 0. The van der Waals surface area contributed by atoms with Crippen LogP contribution < -0.4 is 10.2 Å². The van der Waals surface area contributed by atoms with Crippen molar-refractivity contribution in [3.63, 3.8) is 0 Å². The number of nitrogens with zero attached hydrogens (tertiary/aromatic N) is 1. The zero-order chi connectivity index (χ0) is 21.3. The predicted molar refractivity (Wildman–Crippen MR) is 90.6 cm³/mol. The van der Waals surface area contributed by atoms with Gasteiger partial charge in [0.05, 0.1) is 11.3 Å². The quantitative estimate of drug-likeness (QED) is 0.768. The van der Waals surface area contributed by atoms with E-state index < -0.39 is 52.6 Å². The molecule has 0 aromatic heterocycles. The number of nitrogens with one attached hydrogen (secondary N) is 1. The van der Waals surface area contributed by atoms with Gasteiger partial charge in [-0.25, -0.2) is 13.2 Å². The molecule has 0 radical (unpaired) electrons. The fourth-order valence-electron chi connectivity index (χ4n) is 3.07. The molecule has 1 atom stereocenters. The van der Waals surface area contributed by atoms with Gasteiger partial charge in [-0.15, -0.1) is 0 Å². The monoisotopic (exact) mass is 416 g/mol. The van der Waals surface area contributed by atoms with Gasteiger partial charge in [0.15, 0.2) is 0 Å². The number of benzene rings is 2. The molecule has 1 heterocycles. The second kappa shape index (κ2) is 7.76. The predicted octanol–water partition coefficient (Wildman–Crippen LogP) is 4.05. The summed E-state index contributed by atoms with van der Waals surface area (Å²) < 4.78 is 79.0. The maximum absolute atomic E-state index is 14.0. The van der Waals surface area contributed by atoms with Gasteiger partial charge in [-0.2, -0.15) is 13.2 Å². The number of hydrogen-bond donors (Lipinski definition) is 1. The summed E-state index contributed by atoms with van der Waals surface area (Å²) in [5.74, 6) is -4.83. The van der Waals surface area contributed by atoms with Gasteiger partial charge in [0.25, 0.3) is 5.91 Å². The van der Waals surface area contributed by atoms with E-state index in [0.29, 0.717) is 24.6 Å². The Kier molecular flexibility index (Phi) is 5.54. The molecule has 1 N–H and O–H groups in total. The first-order chi connectivity index (χ1) is 13.6. The highest BCUT2D eigenvalue weighted by Crippen LogP contribution is 2.30. The number of amides is 2. The summed E-state index contributed by atoms with van der Waals surface area (Å²) in [5, 5.41) is 2.26. The lowest BCUT2D eigenvalue weighted by Crippen LogP contribution is -2.52. The molecule has 1 unspecified atom stereocenters. The Labute approximate surface area is 161 Å². The Hall–Kier alpha value is -3.04. The minimum Gasteiger partial charge on any atom is -0.340 e. The van der Waals surface area contributed by atoms with E-state index in [1.54, 1.807) is 0 Å². The van der Waals surface area contributed by atoms with E-state index in [1.165, 1.54) is 0 Å². The highest BCUT2D eigenvalue weighted by molar-refractivity contribution is 6.03. The molecule has 2 amide bonds. The van der Waals surface area contributed by atoms with Gasteiger partial charge in [0.1, 0.15) is 23.5 Å². The molecule has 1 saturated heterocycles. The van der Waals surface area contributed by atoms with Crippen molar-refractivity contribution in [1.29, 1.82) is 0 Å². The van der Waals surface area contributed by atoms with Crippen LogP contribution in [0.15, 0.2) is 36.4 Å². The molecular weight excluding hydrogens is 402 g/mol. The summed E-state index contributed by atoms with van der Waals surface area (Å²) in [6.07, 6.45) is -4.34. The Morgan fingerprint density at radius 1 is 1.03 bits per heavy atom. The summed E-state index contributed by atoms with van der Waals surface area (Å²) in [4.78, 5) is 25.9. The minimum atomic E-state index is -4.85. The zero-order valence-electron chi connectivity index (χ0n) is 14.7. The maximum Gasteiger partial charge on any atom is 0.416 e. The first kappa shape index (κ1) is 20.7. The first-order valence-corrected chi connectivity index (χ1v) is 8.51. The Morgan fingerprint density at radius 2 is 1.76 bits per heavy atom. The number of rotatable bonds is 3. The highest BCUT2D eigenvalue weighted by Gasteiger charge is 2.34. The van der Waals surface area contributed by atoms with Gasteiger partial charge >= 0.3 is 6.18 Å². The smallest absolute Gasteiger partial charge is 0.340 e. The summed E-state index contributed by atoms with van der Waals surface area (Å²) in [5.41, 5.74) is -2.12. The normalized spacial score (nSPS) is 17.4. The molecule has 4 nitrogen and oxygen atoms in total. The maximum atomic E-state index is 14.0. The molecule has 0 saturated carbocycles. The van der Waals surface area contributed by atoms with Crippen LogP contribution in [0, 0.1) is 17.5 Å². The van der Waals surface area contributed by atoms with Gasteiger partial charge in [-0.3, -0.25) is 9.59 Å². The molecule has 154 valence electrons. The van der Waals surface area contributed by atoms with Crippen molar-refractivity contribution < 1.29 is 35.9 Å². The van der Waals surface area contributed by atoms with Crippen molar-refractivity contribution in [3.8, 4) is 0 Å². The number of carbonyl (C=O) groups excluding carboxylic acids is 2. The average Bonchev–Trinajstić information content (AvgIpc) is 2.63. The number of hydrogen-bond acceptors (Lipinski definition) is 2. The fraction of sp³-hybridized carbons (Fsp3) is 0.263. The highest BCUT2D eigenvalue weighted by atomic mass is 19.4. The van der Waals surface area contributed by atoms with Crippen LogP contribution in [0.2, 0.25) is 0 Å². The van der Waals surface area contributed by atoms with Crippen LogP contribution in [0.25, 0.3) is 0 Å². The summed E-state index contributed by atoms with van der Waals surface area (Å²) >= 11 is 0. The van der Waals surface area contributed by atoms with Gasteiger partial charge < -0.3 is 10.2 Å². The molecule has 10 heteroatoms. The largest absolute Gasteiger partial charge is 0.416 e. The third-order valence-electron chi connectivity index (χ3n) is 4.43. The number of alkyl halides is 3. The zero-order valence-corrected chi connectivity index (χ0v) is 14.7. The Morgan fingerprint density at radius 3 is 2.41 bits per heavy atom. The van der Waals surface area contributed by atoms with E-state index >= 15 is 0 Å². The van der Waals surface area contributed by atoms with Crippen molar-refractivity contribution in [2.24, 2.45) is 0 Å². The van der Waals surface area contributed by atoms with Crippen molar-refractivity contribution in [1.82, 2.24) is 5.32 Å². The Balaban J connectivity index is 1.80. The van der Waals surface area contributed by atoms with E-state index in [2.05, 4.69) is 5.32 Å². The van der Waals surface area contributed by atoms with E-state index in [-0.39, 0.29) is 24.7 Å². The second-order valence-corrected chi connectivity index (χ2v) is 6.48. The van der Waals surface area contributed by atoms with E-state index in [9.17, 15) is 35.9 Å². The van der Waals surface area contributed by atoms with Gasteiger partial charge in [-0.1, -0.05) is 0 Å². The number of carbonyl (C=O) groups is 2. The third kappa shape index (κ3) is 4.52. The van der Waals surface area contributed by atoms with Crippen molar-refractivity contribution in [2.45, 2.75) is 25.1 Å². The van der Waals surface area contributed by atoms with E-state index in [4.69, 9.17) is 0 Å². The van der Waals surface area contributed by atoms with Crippen molar-refractivity contribution in [3.05, 3.63) is 65.0 Å².